The summed E-state index contributed by atoms with van der Waals surface area (Å²) in [5.41, 5.74) is 1.56. The molecule has 1 aromatic carbocycles. The topological polar surface area (TPSA) is 68.2 Å². The second-order valence-corrected chi connectivity index (χ2v) is 6.58. The zero-order valence-corrected chi connectivity index (χ0v) is 14.0. The Balaban J connectivity index is 1.66. The summed E-state index contributed by atoms with van der Waals surface area (Å²) in [6.45, 7) is 6.35. The summed E-state index contributed by atoms with van der Waals surface area (Å²) in [6.07, 6.45) is 3.63. The average Bonchev–Trinajstić information content (AvgIpc) is 3.00. The number of carbonyl (C=O) groups is 1. The number of carbonyl (C=O) groups excluding carboxylic acids is 1. The van der Waals surface area contributed by atoms with Crippen LogP contribution in [-0.2, 0) is 11.3 Å². The summed E-state index contributed by atoms with van der Waals surface area (Å²) in [6, 6.07) is 9.54. The van der Waals surface area contributed by atoms with E-state index in [0.29, 0.717) is 25.3 Å². The Hall–Kier alpha value is -2.18. The van der Waals surface area contributed by atoms with E-state index in [4.69, 9.17) is 4.74 Å². The quantitative estimate of drug-likeness (QED) is 0.868. The standard InChI is InChI=1S/C18H24N4O2/c1-18(12-19-8-10-24-14-18)13-20-17(23)16-6-3-2-5-15(16)11-22-9-4-7-21-22/h2-7,9,19H,8,10-14H2,1H3,(H,20,23). The highest BCUT2D eigenvalue weighted by Crippen LogP contribution is 2.17. The summed E-state index contributed by atoms with van der Waals surface area (Å²) in [5, 5.41) is 10.6. The molecule has 6 nitrogen and oxygen atoms in total. The lowest BCUT2D eigenvalue weighted by Gasteiger charge is -2.27. The molecule has 1 aliphatic heterocycles. The van der Waals surface area contributed by atoms with E-state index in [-0.39, 0.29) is 11.3 Å². The van der Waals surface area contributed by atoms with Crippen LogP contribution in [0.3, 0.4) is 0 Å². The average molecular weight is 328 g/mol. The second kappa shape index (κ2) is 7.59. The van der Waals surface area contributed by atoms with Crippen molar-refractivity contribution in [2.75, 3.05) is 32.8 Å². The number of hydrogen-bond acceptors (Lipinski definition) is 4. The van der Waals surface area contributed by atoms with Crippen LogP contribution in [0.1, 0.15) is 22.8 Å². The molecular formula is C18H24N4O2. The van der Waals surface area contributed by atoms with Gasteiger partial charge in [-0.3, -0.25) is 9.48 Å². The molecule has 1 atom stereocenters. The molecule has 2 heterocycles. The Morgan fingerprint density at radius 3 is 3.12 bits per heavy atom. The molecule has 2 N–H and O–H groups in total. The molecule has 24 heavy (non-hydrogen) atoms. The van der Waals surface area contributed by atoms with Crippen LogP contribution in [0.5, 0.6) is 0 Å². The third-order valence-corrected chi connectivity index (χ3v) is 4.25. The number of nitrogens with one attached hydrogen (secondary N) is 2. The molecule has 0 spiro atoms. The van der Waals surface area contributed by atoms with Crippen molar-refractivity contribution in [3.8, 4) is 0 Å². The van der Waals surface area contributed by atoms with E-state index in [9.17, 15) is 4.79 Å². The van der Waals surface area contributed by atoms with Crippen molar-refractivity contribution in [3.63, 3.8) is 0 Å². The third kappa shape index (κ3) is 4.21. The molecular weight excluding hydrogens is 304 g/mol. The van der Waals surface area contributed by atoms with E-state index < -0.39 is 0 Å². The Labute approximate surface area is 142 Å². The molecule has 1 fully saturated rings. The van der Waals surface area contributed by atoms with Gasteiger partial charge in [-0.1, -0.05) is 25.1 Å². The summed E-state index contributed by atoms with van der Waals surface area (Å²) in [7, 11) is 0. The molecule has 2 aromatic rings. The molecule has 1 aliphatic rings. The molecule has 0 bridgehead atoms. The molecule has 1 aromatic heterocycles. The van der Waals surface area contributed by atoms with Gasteiger partial charge in [-0.25, -0.2) is 0 Å². The number of amides is 1. The van der Waals surface area contributed by atoms with E-state index in [1.54, 1.807) is 6.20 Å². The van der Waals surface area contributed by atoms with Crippen LogP contribution >= 0.6 is 0 Å². The van der Waals surface area contributed by atoms with Gasteiger partial charge in [-0.2, -0.15) is 5.10 Å². The number of ether oxygens (including phenoxy) is 1. The van der Waals surface area contributed by atoms with Crippen molar-refractivity contribution in [3.05, 3.63) is 53.9 Å². The van der Waals surface area contributed by atoms with E-state index in [2.05, 4.69) is 22.7 Å². The van der Waals surface area contributed by atoms with Crippen molar-refractivity contribution in [2.45, 2.75) is 13.5 Å². The minimum atomic E-state index is -0.0942. The third-order valence-electron chi connectivity index (χ3n) is 4.25. The van der Waals surface area contributed by atoms with Gasteiger partial charge >= 0.3 is 0 Å². The Morgan fingerprint density at radius 2 is 2.29 bits per heavy atom. The number of hydrogen-bond donors (Lipinski definition) is 2. The Bertz CT molecular complexity index is 661. The molecule has 3 rings (SSSR count). The minimum absolute atomic E-state index is 0.0526. The van der Waals surface area contributed by atoms with Gasteiger partial charge in [0.05, 0.1) is 19.8 Å². The highest BCUT2D eigenvalue weighted by molar-refractivity contribution is 5.95. The molecule has 1 unspecified atom stereocenters. The summed E-state index contributed by atoms with van der Waals surface area (Å²) in [4.78, 5) is 12.7. The molecule has 0 saturated carbocycles. The number of benzene rings is 1. The summed E-state index contributed by atoms with van der Waals surface area (Å²) >= 11 is 0. The molecule has 6 heteroatoms. The zero-order chi connectivity index (χ0) is 16.8. The smallest absolute Gasteiger partial charge is 0.251 e. The maximum atomic E-state index is 12.7. The molecule has 1 saturated heterocycles. The first kappa shape index (κ1) is 16.7. The van der Waals surface area contributed by atoms with Crippen molar-refractivity contribution in [1.29, 1.82) is 0 Å². The number of nitrogens with zero attached hydrogens (tertiary/aromatic N) is 2. The molecule has 128 valence electrons. The molecule has 1 amide bonds. The van der Waals surface area contributed by atoms with E-state index in [1.807, 2.05) is 41.2 Å². The fourth-order valence-corrected chi connectivity index (χ4v) is 2.85. The highest BCUT2D eigenvalue weighted by Gasteiger charge is 2.27. The van der Waals surface area contributed by atoms with Crippen molar-refractivity contribution in [1.82, 2.24) is 20.4 Å². The van der Waals surface area contributed by atoms with Gasteiger partial charge in [0.2, 0.25) is 0 Å². The normalized spacial score (nSPS) is 21.2. The monoisotopic (exact) mass is 328 g/mol. The first-order valence-corrected chi connectivity index (χ1v) is 8.28. The second-order valence-electron chi connectivity index (χ2n) is 6.58. The van der Waals surface area contributed by atoms with E-state index in [0.717, 1.165) is 25.3 Å². The van der Waals surface area contributed by atoms with Gasteiger partial charge in [0.15, 0.2) is 0 Å². The SMILES string of the molecule is CC1(CNC(=O)c2ccccc2Cn2cccn2)CNCCOC1. The number of rotatable bonds is 5. The van der Waals surface area contributed by atoms with Gasteiger partial charge in [0, 0.05) is 43.0 Å². The fraction of sp³-hybridized carbons (Fsp3) is 0.444. The van der Waals surface area contributed by atoms with Crippen LogP contribution in [0, 0.1) is 5.41 Å². The van der Waals surface area contributed by atoms with Crippen LogP contribution in [0.4, 0.5) is 0 Å². The summed E-state index contributed by atoms with van der Waals surface area (Å²) in [5.74, 6) is -0.0526. The molecule has 0 radical (unpaired) electrons. The van der Waals surface area contributed by atoms with Crippen molar-refractivity contribution in [2.24, 2.45) is 5.41 Å². The van der Waals surface area contributed by atoms with Crippen LogP contribution in [0.2, 0.25) is 0 Å². The van der Waals surface area contributed by atoms with Crippen molar-refractivity contribution < 1.29 is 9.53 Å². The first-order chi connectivity index (χ1) is 11.7. The first-order valence-electron chi connectivity index (χ1n) is 8.28. The van der Waals surface area contributed by atoms with Gasteiger partial charge in [-0.15, -0.1) is 0 Å². The maximum absolute atomic E-state index is 12.7. The Morgan fingerprint density at radius 1 is 1.42 bits per heavy atom. The summed E-state index contributed by atoms with van der Waals surface area (Å²) < 4.78 is 7.43. The number of aromatic nitrogens is 2. The fourth-order valence-electron chi connectivity index (χ4n) is 2.85. The Kier molecular flexibility index (Phi) is 5.27. The lowest BCUT2D eigenvalue weighted by atomic mass is 9.91. The van der Waals surface area contributed by atoms with Crippen LogP contribution in [0.25, 0.3) is 0 Å². The zero-order valence-electron chi connectivity index (χ0n) is 14.0. The maximum Gasteiger partial charge on any atom is 0.251 e. The van der Waals surface area contributed by atoms with Gasteiger partial charge in [-0.05, 0) is 17.7 Å². The largest absolute Gasteiger partial charge is 0.379 e. The van der Waals surface area contributed by atoms with Crippen LogP contribution < -0.4 is 10.6 Å². The lowest BCUT2D eigenvalue weighted by Crippen LogP contribution is -2.43. The van der Waals surface area contributed by atoms with Crippen LogP contribution in [0.15, 0.2) is 42.7 Å². The minimum Gasteiger partial charge on any atom is -0.379 e. The van der Waals surface area contributed by atoms with E-state index >= 15 is 0 Å². The molecule has 0 aliphatic carbocycles. The van der Waals surface area contributed by atoms with Gasteiger partial charge in [0.25, 0.3) is 5.91 Å². The van der Waals surface area contributed by atoms with Crippen LogP contribution in [-0.4, -0.2) is 48.5 Å². The predicted octanol–water partition coefficient (Wildman–Crippen LogP) is 1.29. The van der Waals surface area contributed by atoms with Gasteiger partial charge in [0.1, 0.15) is 0 Å². The highest BCUT2D eigenvalue weighted by atomic mass is 16.5. The van der Waals surface area contributed by atoms with E-state index in [1.165, 1.54) is 0 Å². The van der Waals surface area contributed by atoms with Gasteiger partial charge < -0.3 is 15.4 Å². The predicted molar refractivity (Wildman–Crippen MR) is 91.9 cm³/mol. The van der Waals surface area contributed by atoms with Crippen molar-refractivity contribution >= 4 is 5.91 Å². The lowest BCUT2D eigenvalue weighted by molar-refractivity contribution is 0.0730.